The molecule has 0 aliphatic heterocycles. The van der Waals surface area contributed by atoms with Gasteiger partial charge in [-0.15, -0.1) is 0 Å². The maximum atomic E-state index is 13.4. The van der Waals surface area contributed by atoms with Crippen molar-refractivity contribution in [3.05, 3.63) is 29.6 Å². The number of nitrogens with zero attached hydrogens (tertiary/aromatic N) is 1. The Morgan fingerprint density at radius 3 is 2.33 bits per heavy atom. The SMILES string of the molecule is CCN(C(=O)Nc1cc(F)c(F)cc1F)C(C)CC(=O)O. The monoisotopic (exact) mass is 304 g/mol. The Bertz CT molecular complexity index is 552. The van der Waals surface area contributed by atoms with E-state index < -0.39 is 41.2 Å². The molecule has 1 unspecified atom stereocenters. The van der Waals surface area contributed by atoms with Crippen LogP contribution in [0.5, 0.6) is 0 Å². The summed E-state index contributed by atoms with van der Waals surface area (Å²) in [4.78, 5) is 23.7. The molecule has 0 radical (unpaired) electrons. The normalized spacial score (nSPS) is 11.9. The molecule has 116 valence electrons. The van der Waals surface area contributed by atoms with Gasteiger partial charge in [-0.1, -0.05) is 0 Å². The van der Waals surface area contributed by atoms with Gasteiger partial charge in [0.05, 0.1) is 12.1 Å². The first-order valence-electron chi connectivity index (χ1n) is 6.20. The van der Waals surface area contributed by atoms with Crippen LogP contribution in [0.1, 0.15) is 20.3 Å². The molecule has 0 aromatic heterocycles. The predicted octanol–water partition coefficient (Wildman–Crippen LogP) is 2.82. The first kappa shape index (κ1) is 16.8. The van der Waals surface area contributed by atoms with Gasteiger partial charge in [-0.05, 0) is 13.8 Å². The van der Waals surface area contributed by atoms with Crippen molar-refractivity contribution in [1.82, 2.24) is 4.90 Å². The van der Waals surface area contributed by atoms with Crippen molar-refractivity contribution >= 4 is 17.7 Å². The molecule has 0 heterocycles. The second kappa shape index (κ2) is 6.96. The van der Waals surface area contributed by atoms with E-state index in [1.807, 2.05) is 0 Å². The van der Waals surface area contributed by atoms with E-state index in [1.165, 1.54) is 6.92 Å². The number of anilines is 1. The minimum Gasteiger partial charge on any atom is -0.481 e. The Hall–Kier alpha value is -2.25. The van der Waals surface area contributed by atoms with Crippen LogP contribution < -0.4 is 5.32 Å². The number of halogens is 3. The second-order valence-electron chi connectivity index (χ2n) is 4.41. The van der Waals surface area contributed by atoms with Gasteiger partial charge in [-0.3, -0.25) is 4.79 Å². The van der Waals surface area contributed by atoms with E-state index in [1.54, 1.807) is 6.92 Å². The molecular formula is C13H15F3N2O3. The summed E-state index contributed by atoms with van der Waals surface area (Å²) >= 11 is 0. The topological polar surface area (TPSA) is 69.6 Å². The summed E-state index contributed by atoms with van der Waals surface area (Å²) < 4.78 is 39.3. The van der Waals surface area contributed by atoms with Crippen LogP contribution in [0.15, 0.2) is 12.1 Å². The van der Waals surface area contributed by atoms with Crippen molar-refractivity contribution in [3.63, 3.8) is 0 Å². The molecule has 0 fully saturated rings. The van der Waals surface area contributed by atoms with Crippen LogP contribution in [0.3, 0.4) is 0 Å². The molecule has 2 amide bonds. The number of nitrogens with one attached hydrogen (secondary N) is 1. The number of carboxylic acids is 1. The number of rotatable bonds is 5. The molecule has 0 saturated heterocycles. The van der Waals surface area contributed by atoms with E-state index in [2.05, 4.69) is 5.32 Å². The average molecular weight is 304 g/mol. The van der Waals surface area contributed by atoms with Crippen LogP contribution in [0.2, 0.25) is 0 Å². The number of benzene rings is 1. The standard InChI is InChI=1S/C13H15F3N2O3/c1-3-18(7(2)4-12(19)20)13(21)17-11-6-9(15)8(14)5-10(11)16/h5-7H,3-4H2,1-2H3,(H,17,21)(H,19,20). The molecule has 0 bridgehead atoms. The van der Waals surface area contributed by atoms with Gasteiger partial charge in [-0.25, -0.2) is 18.0 Å². The van der Waals surface area contributed by atoms with Crippen molar-refractivity contribution in [2.75, 3.05) is 11.9 Å². The lowest BCUT2D eigenvalue weighted by molar-refractivity contribution is -0.137. The number of carbonyl (C=O) groups excluding carboxylic acids is 1. The predicted molar refractivity (Wildman–Crippen MR) is 69.4 cm³/mol. The highest BCUT2D eigenvalue weighted by Crippen LogP contribution is 2.19. The van der Waals surface area contributed by atoms with Gasteiger partial charge < -0.3 is 15.3 Å². The van der Waals surface area contributed by atoms with Gasteiger partial charge >= 0.3 is 12.0 Å². The quantitative estimate of drug-likeness (QED) is 0.822. The second-order valence-corrected chi connectivity index (χ2v) is 4.41. The fourth-order valence-corrected chi connectivity index (χ4v) is 1.82. The van der Waals surface area contributed by atoms with Gasteiger partial charge in [0.2, 0.25) is 0 Å². The largest absolute Gasteiger partial charge is 0.481 e. The van der Waals surface area contributed by atoms with Crippen LogP contribution >= 0.6 is 0 Å². The molecular weight excluding hydrogens is 289 g/mol. The van der Waals surface area contributed by atoms with Crippen LogP contribution in [-0.4, -0.2) is 34.6 Å². The zero-order valence-electron chi connectivity index (χ0n) is 11.5. The minimum atomic E-state index is -1.36. The van der Waals surface area contributed by atoms with Gasteiger partial charge in [0.15, 0.2) is 11.6 Å². The Kier molecular flexibility index (Phi) is 5.57. The minimum absolute atomic E-state index is 0.172. The van der Waals surface area contributed by atoms with Crippen LogP contribution in [0.25, 0.3) is 0 Å². The first-order valence-corrected chi connectivity index (χ1v) is 6.20. The van der Waals surface area contributed by atoms with Crippen LogP contribution in [0, 0.1) is 17.5 Å². The summed E-state index contributed by atoms with van der Waals surface area (Å²) in [6.07, 6.45) is -0.290. The number of carbonyl (C=O) groups is 2. The van der Waals surface area contributed by atoms with Crippen LogP contribution in [-0.2, 0) is 4.79 Å². The zero-order chi connectivity index (χ0) is 16.2. The highest BCUT2D eigenvalue weighted by Gasteiger charge is 2.22. The molecule has 1 atom stereocenters. The zero-order valence-corrected chi connectivity index (χ0v) is 11.5. The van der Waals surface area contributed by atoms with E-state index in [-0.39, 0.29) is 13.0 Å². The van der Waals surface area contributed by atoms with Gasteiger partial charge in [0.1, 0.15) is 5.82 Å². The van der Waals surface area contributed by atoms with Crippen molar-refractivity contribution < 1.29 is 27.9 Å². The Labute approximate surface area is 119 Å². The molecule has 0 spiro atoms. The van der Waals surface area contributed by atoms with E-state index in [4.69, 9.17) is 5.11 Å². The molecule has 0 aliphatic rings. The molecule has 2 N–H and O–H groups in total. The number of hydrogen-bond acceptors (Lipinski definition) is 2. The summed E-state index contributed by atoms with van der Waals surface area (Å²) in [5, 5.41) is 10.8. The number of carboxylic acid groups (broad SMARTS) is 1. The number of urea groups is 1. The van der Waals surface area contributed by atoms with Crippen molar-refractivity contribution in [2.45, 2.75) is 26.3 Å². The molecule has 0 aliphatic carbocycles. The molecule has 8 heteroatoms. The van der Waals surface area contributed by atoms with E-state index >= 15 is 0 Å². The molecule has 0 saturated carbocycles. The first-order chi connectivity index (χ1) is 9.76. The summed E-state index contributed by atoms with van der Waals surface area (Å²) in [6.45, 7) is 3.30. The van der Waals surface area contributed by atoms with Crippen molar-refractivity contribution in [1.29, 1.82) is 0 Å². The van der Waals surface area contributed by atoms with Crippen LogP contribution in [0.4, 0.5) is 23.7 Å². The lowest BCUT2D eigenvalue weighted by Gasteiger charge is -2.27. The van der Waals surface area contributed by atoms with Gasteiger partial charge in [-0.2, -0.15) is 0 Å². The third-order valence-corrected chi connectivity index (χ3v) is 2.86. The fraction of sp³-hybridized carbons (Fsp3) is 0.385. The summed E-state index contributed by atoms with van der Waals surface area (Å²) in [7, 11) is 0. The number of hydrogen-bond donors (Lipinski definition) is 2. The highest BCUT2D eigenvalue weighted by atomic mass is 19.2. The third kappa shape index (κ3) is 4.37. The number of amides is 2. The Morgan fingerprint density at radius 1 is 1.24 bits per heavy atom. The van der Waals surface area contributed by atoms with Gasteiger partial charge in [0.25, 0.3) is 0 Å². The Morgan fingerprint density at radius 2 is 1.81 bits per heavy atom. The molecule has 1 rings (SSSR count). The average Bonchev–Trinajstić information content (AvgIpc) is 2.35. The maximum absolute atomic E-state index is 13.4. The Balaban J connectivity index is 2.88. The summed E-state index contributed by atoms with van der Waals surface area (Å²) in [6, 6.07) is -0.586. The van der Waals surface area contributed by atoms with Crippen molar-refractivity contribution in [2.24, 2.45) is 0 Å². The molecule has 21 heavy (non-hydrogen) atoms. The summed E-state index contributed by atoms with van der Waals surface area (Å²) in [5.41, 5.74) is -0.514. The highest BCUT2D eigenvalue weighted by molar-refractivity contribution is 5.90. The fourth-order valence-electron chi connectivity index (χ4n) is 1.82. The van der Waals surface area contributed by atoms with E-state index in [0.717, 1.165) is 4.90 Å². The van der Waals surface area contributed by atoms with Gasteiger partial charge in [0, 0.05) is 24.7 Å². The number of aliphatic carboxylic acids is 1. The van der Waals surface area contributed by atoms with Crippen molar-refractivity contribution in [3.8, 4) is 0 Å². The summed E-state index contributed by atoms with van der Waals surface area (Å²) in [5.74, 6) is -4.87. The van der Waals surface area contributed by atoms with E-state index in [0.29, 0.717) is 12.1 Å². The lowest BCUT2D eigenvalue weighted by Crippen LogP contribution is -2.42. The third-order valence-electron chi connectivity index (χ3n) is 2.86. The lowest BCUT2D eigenvalue weighted by atomic mass is 10.2. The molecule has 1 aromatic rings. The smallest absolute Gasteiger partial charge is 0.322 e. The molecule has 5 nitrogen and oxygen atoms in total. The van der Waals surface area contributed by atoms with E-state index in [9.17, 15) is 22.8 Å². The maximum Gasteiger partial charge on any atom is 0.322 e. The molecule has 1 aromatic carbocycles.